The van der Waals surface area contributed by atoms with Crippen molar-refractivity contribution in [2.24, 2.45) is 0 Å². The minimum atomic E-state index is -0.872. The Hall–Kier alpha value is -4.00. The van der Waals surface area contributed by atoms with E-state index in [1.54, 1.807) is 30.3 Å². The van der Waals surface area contributed by atoms with Crippen LogP contribution in [0.2, 0.25) is 0 Å². The highest BCUT2D eigenvalue weighted by Gasteiger charge is 2.22. The van der Waals surface area contributed by atoms with E-state index in [2.05, 4.69) is 21.2 Å². The summed E-state index contributed by atoms with van der Waals surface area (Å²) in [5, 5.41) is 2.73. The zero-order chi connectivity index (χ0) is 20.5. The number of nitrogens with zero attached hydrogens (tertiary/aromatic N) is 1. The van der Waals surface area contributed by atoms with E-state index in [0.717, 1.165) is 5.56 Å². The Labute approximate surface area is 168 Å². The van der Waals surface area contributed by atoms with Crippen LogP contribution in [0.15, 0.2) is 85.2 Å². The molecule has 3 amide bonds. The molecule has 3 aromatic rings. The highest BCUT2D eigenvalue weighted by molar-refractivity contribution is 5.99. The minimum absolute atomic E-state index is 0.274. The van der Waals surface area contributed by atoms with Crippen LogP contribution in [-0.2, 0) is 11.2 Å². The maximum absolute atomic E-state index is 12.7. The molecule has 29 heavy (non-hydrogen) atoms. The number of nitrogens with one attached hydrogen (secondary N) is 3. The third-order valence-corrected chi connectivity index (χ3v) is 4.18. The molecule has 0 unspecified atom stereocenters. The van der Waals surface area contributed by atoms with Crippen molar-refractivity contribution in [3.63, 3.8) is 0 Å². The number of benzene rings is 2. The molecule has 0 aliphatic heterocycles. The molecule has 7 nitrogen and oxygen atoms in total. The molecule has 0 fully saturated rings. The van der Waals surface area contributed by atoms with E-state index in [4.69, 9.17) is 0 Å². The van der Waals surface area contributed by atoms with E-state index in [-0.39, 0.29) is 12.3 Å². The molecular formula is C22H20N4O3. The Morgan fingerprint density at radius 2 is 1.31 bits per heavy atom. The fourth-order valence-electron chi connectivity index (χ4n) is 2.67. The lowest BCUT2D eigenvalue weighted by Crippen LogP contribution is -2.53. The molecular weight excluding hydrogens is 368 g/mol. The molecule has 146 valence electrons. The van der Waals surface area contributed by atoms with Crippen LogP contribution in [0, 0.1) is 0 Å². The first-order valence-electron chi connectivity index (χ1n) is 9.03. The number of hydrogen-bond donors (Lipinski definition) is 3. The minimum Gasteiger partial charge on any atom is -0.340 e. The molecule has 0 aliphatic rings. The molecule has 0 bridgehead atoms. The van der Waals surface area contributed by atoms with Gasteiger partial charge in [-0.3, -0.25) is 30.2 Å². The van der Waals surface area contributed by atoms with Gasteiger partial charge in [0.25, 0.3) is 17.7 Å². The largest absolute Gasteiger partial charge is 0.340 e. The average Bonchev–Trinajstić information content (AvgIpc) is 2.78. The highest BCUT2D eigenvalue weighted by atomic mass is 16.2. The van der Waals surface area contributed by atoms with Gasteiger partial charge >= 0.3 is 0 Å². The van der Waals surface area contributed by atoms with Crippen LogP contribution in [0.1, 0.15) is 26.3 Å². The lowest BCUT2D eigenvalue weighted by atomic mass is 10.0. The smallest absolute Gasteiger partial charge is 0.269 e. The summed E-state index contributed by atoms with van der Waals surface area (Å²) in [5.74, 6) is -1.38. The second-order valence-corrected chi connectivity index (χ2v) is 6.26. The number of aromatic nitrogens is 1. The molecule has 1 aromatic heterocycles. The van der Waals surface area contributed by atoms with Crippen molar-refractivity contribution in [1.29, 1.82) is 0 Å². The first-order chi connectivity index (χ1) is 14.1. The number of hydrazine groups is 1. The van der Waals surface area contributed by atoms with Crippen LogP contribution >= 0.6 is 0 Å². The van der Waals surface area contributed by atoms with Crippen molar-refractivity contribution < 1.29 is 14.4 Å². The van der Waals surface area contributed by atoms with Crippen molar-refractivity contribution in [1.82, 2.24) is 21.2 Å². The van der Waals surface area contributed by atoms with E-state index in [0.29, 0.717) is 11.1 Å². The summed E-state index contributed by atoms with van der Waals surface area (Å²) in [6.45, 7) is 0. The summed E-state index contributed by atoms with van der Waals surface area (Å²) < 4.78 is 0. The van der Waals surface area contributed by atoms with Gasteiger partial charge < -0.3 is 5.32 Å². The number of amides is 3. The number of carbonyl (C=O) groups excluding carboxylic acids is 3. The van der Waals surface area contributed by atoms with Gasteiger partial charge in [-0.25, -0.2) is 0 Å². The van der Waals surface area contributed by atoms with Gasteiger partial charge in [0.15, 0.2) is 0 Å². The second-order valence-electron chi connectivity index (χ2n) is 6.26. The first-order valence-corrected chi connectivity index (χ1v) is 9.03. The summed E-state index contributed by atoms with van der Waals surface area (Å²) in [6.07, 6.45) is 3.24. The van der Waals surface area contributed by atoms with E-state index < -0.39 is 17.9 Å². The Morgan fingerprint density at radius 3 is 1.97 bits per heavy atom. The first kappa shape index (κ1) is 19.8. The molecule has 0 radical (unpaired) electrons. The van der Waals surface area contributed by atoms with Crippen molar-refractivity contribution in [2.75, 3.05) is 0 Å². The Bertz CT molecular complexity index is 963. The standard InChI is InChI=1S/C22H20N4O3/c27-20(17-9-5-2-6-10-17)24-19(15-16-7-3-1-4-8-16)22(29)26-25-21(28)18-11-13-23-14-12-18/h1-14,19H,15H2,(H,24,27)(H,25,28)(H,26,29)/t19-/m0/s1. The van der Waals surface area contributed by atoms with Gasteiger partial charge in [-0.1, -0.05) is 48.5 Å². The maximum atomic E-state index is 12.7. The zero-order valence-electron chi connectivity index (χ0n) is 15.5. The van der Waals surface area contributed by atoms with Gasteiger partial charge in [-0.15, -0.1) is 0 Å². The van der Waals surface area contributed by atoms with Gasteiger partial charge in [0.1, 0.15) is 6.04 Å². The Balaban J connectivity index is 1.68. The van der Waals surface area contributed by atoms with Crippen molar-refractivity contribution in [3.05, 3.63) is 102 Å². The van der Waals surface area contributed by atoms with E-state index in [9.17, 15) is 14.4 Å². The average molecular weight is 388 g/mol. The number of rotatable bonds is 6. The fourth-order valence-corrected chi connectivity index (χ4v) is 2.67. The molecule has 2 aromatic carbocycles. The molecule has 1 heterocycles. The molecule has 0 aliphatic carbocycles. The topological polar surface area (TPSA) is 100 Å². The molecule has 3 N–H and O–H groups in total. The van der Waals surface area contributed by atoms with Crippen molar-refractivity contribution in [3.8, 4) is 0 Å². The van der Waals surface area contributed by atoms with Crippen LogP contribution < -0.4 is 16.2 Å². The molecule has 0 saturated carbocycles. The molecule has 1 atom stereocenters. The summed E-state index contributed by atoms with van der Waals surface area (Å²) in [4.78, 5) is 41.2. The third-order valence-electron chi connectivity index (χ3n) is 4.18. The summed E-state index contributed by atoms with van der Waals surface area (Å²) in [7, 11) is 0. The lowest BCUT2D eigenvalue weighted by Gasteiger charge is -2.19. The Kier molecular flexibility index (Phi) is 6.67. The van der Waals surface area contributed by atoms with Crippen molar-refractivity contribution in [2.45, 2.75) is 12.5 Å². The quantitative estimate of drug-likeness (QED) is 0.562. The Morgan fingerprint density at radius 1 is 0.724 bits per heavy atom. The van der Waals surface area contributed by atoms with Crippen LogP contribution in [0.25, 0.3) is 0 Å². The SMILES string of the molecule is O=C(NNC(=O)[C@H](Cc1ccccc1)NC(=O)c1ccccc1)c1ccncc1. The van der Waals surface area contributed by atoms with Crippen LogP contribution in [-0.4, -0.2) is 28.7 Å². The van der Waals surface area contributed by atoms with Gasteiger partial charge in [0, 0.05) is 29.9 Å². The van der Waals surface area contributed by atoms with Crippen LogP contribution in [0.3, 0.4) is 0 Å². The summed E-state index contributed by atoms with van der Waals surface area (Å²) >= 11 is 0. The fraction of sp³-hybridized carbons (Fsp3) is 0.0909. The highest BCUT2D eigenvalue weighted by Crippen LogP contribution is 2.06. The van der Waals surface area contributed by atoms with E-state index in [1.165, 1.54) is 24.5 Å². The van der Waals surface area contributed by atoms with Gasteiger partial charge in [-0.05, 0) is 29.8 Å². The monoisotopic (exact) mass is 388 g/mol. The molecule has 7 heteroatoms. The maximum Gasteiger partial charge on any atom is 0.269 e. The normalized spacial score (nSPS) is 11.2. The third kappa shape index (κ3) is 5.74. The predicted molar refractivity (Wildman–Crippen MR) is 108 cm³/mol. The van der Waals surface area contributed by atoms with Crippen LogP contribution in [0.5, 0.6) is 0 Å². The summed E-state index contributed by atoms with van der Waals surface area (Å²) in [6, 6.07) is 20.1. The number of hydrogen-bond acceptors (Lipinski definition) is 4. The summed E-state index contributed by atoms with van der Waals surface area (Å²) in [5.41, 5.74) is 6.42. The molecule has 0 spiro atoms. The molecule has 0 saturated heterocycles. The number of carbonyl (C=O) groups is 3. The van der Waals surface area contributed by atoms with Gasteiger partial charge in [-0.2, -0.15) is 0 Å². The predicted octanol–water partition coefficient (Wildman–Crippen LogP) is 1.88. The van der Waals surface area contributed by atoms with Gasteiger partial charge in [0.05, 0.1) is 0 Å². The zero-order valence-corrected chi connectivity index (χ0v) is 15.5. The molecule has 3 rings (SSSR count). The number of pyridine rings is 1. The van der Waals surface area contributed by atoms with E-state index >= 15 is 0 Å². The van der Waals surface area contributed by atoms with Gasteiger partial charge in [0.2, 0.25) is 0 Å². The van der Waals surface area contributed by atoms with Crippen molar-refractivity contribution >= 4 is 17.7 Å². The van der Waals surface area contributed by atoms with Crippen LogP contribution in [0.4, 0.5) is 0 Å². The van der Waals surface area contributed by atoms with E-state index in [1.807, 2.05) is 30.3 Å². The second kappa shape index (κ2) is 9.80. The lowest BCUT2D eigenvalue weighted by molar-refractivity contribution is -0.123.